The highest BCUT2D eigenvalue weighted by molar-refractivity contribution is 5.86. The van der Waals surface area contributed by atoms with Crippen LogP contribution in [0.5, 0.6) is 11.5 Å². The van der Waals surface area contributed by atoms with Crippen LogP contribution in [0.4, 0.5) is 0 Å². The van der Waals surface area contributed by atoms with E-state index in [1.54, 1.807) is 12.1 Å². The van der Waals surface area contributed by atoms with Gasteiger partial charge in [0.15, 0.2) is 5.43 Å². The average Bonchev–Trinajstić information content (AvgIpc) is 2.67. The Bertz CT molecular complexity index is 997. The number of nitrogens with zero attached hydrogens (tertiary/aromatic N) is 2. The molecule has 154 valence electrons. The first-order valence-electron chi connectivity index (χ1n) is 9.66. The van der Waals surface area contributed by atoms with Crippen molar-refractivity contribution in [3.05, 3.63) is 58.8 Å². The molecular weight excluding hydrogens is 368 g/mol. The van der Waals surface area contributed by atoms with Gasteiger partial charge in [-0.15, -0.1) is 0 Å². The van der Waals surface area contributed by atoms with Crippen molar-refractivity contribution in [1.82, 2.24) is 9.80 Å². The third-order valence-corrected chi connectivity index (χ3v) is 4.43. The van der Waals surface area contributed by atoms with Crippen LogP contribution in [0, 0.1) is 0 Å². The van der Waals surface area contributed by atoms with E-state index < -0.39 is 0 Å². The Morgan fingerprint density at radius 3 is 2.17 bits per heavy atom. The van der Waals surface area contributed by atoms with Gasteiger partial charge in [-0.2, -0.15) is 0 Å². The van der Waals surface area contributed by atoms with Crippen LogP contribution < -0.4 is 14.9 Å². The predicted octanol–water partition coefficient (Wildman–Crippen LogP) is 3.34. The highest BCUT2D eigenvalue weighted by atomic mass is 16.5. The summed E-state index contributed by atoms with van der Waals surface area (Å²) in [6.07, 6.45) is 0. The topological polar surface area (TPSA) is 55.2 Å². The number of hydrogen-bond donors (Lipinski definition) is 0. The quantitative estimate of drug-likeness (QED) is 0.553. The molecule has 2 aromatic carbocycles. The Kier molecular flexibility index (Phi) is 6.90. The Hall–Kier alpha value is -2.83. The van der Waals surface area contributed by atoms with E-state index in [1.165, 1.54) is 6.07 Å². The molecule has 6 nitrogen and oxygen atoms in total. The van der Waals surface area contributed by atoms with Crippen LogP contribution in [0.15, 0.2) is 57.7 Å². The number of benzene rings is 2. The minimum Gasteiger partial charge on any atom is -0.492 e. The van der Waals surface area contributed by atoms with Gasteiger partial charge in [0.05, 0.1) is 0 Å². The first kappa shape index (κ1) is 20.9. The summed E-state index contributed by atoms with van der Waals surface area (Å²) in [7, 11) is 7.93. The van der Waals surface area contributed by atoms with Crippen molar-refractivity contribution in [2.45, 2.75) is 0 Å². The fourth-order valence-corrected chi connectivity index (χ4v) is 2.85. The molecular formula is C23H28N2O4. The van der Waals surface area contributed by atoms with Crippen LogP contribution in [-0.4, -0.2) is 64.3 Å². The van der Waals surface area contributed by atoms with Crippen LogP contribution in [-0.2, 0) is 0 Å². The van der Waals surface area contributed by atoms with Gasteiger partial charge in [-0.3, -0.25) is 4.79 Å². The first-order chi connectivity index (χ1) is 13.9. The van der Waals surface area contributed by atoms with E-state index in [0.29, 0.717) is 41.4 Å². The third-order valence-electron chi connectivity index (χ3n) is 4.43. The monoisotopic (exact) mass is 396 g/mol. The van der Waals surface area contributed by atoms with Gasteiger partial charge >= 0.3 is 0 Å². The summed E-state index contributed by atoms with van der Waals surface area (Å²) in [6.45, 7) is 2.50. The SMILES string of the molecule is CN(C)CCOc1cc(OCCN(C)C)c2c(=O)cc(-c3ccccc3)oc2c1. The molecule has 29 heavy (non-hydrogen) atoms. The van der Waals surface area contributed by atoms with Crippen molar-refractivity contribution in [3.8, 4) is 22.8 Å². The summed E-state index contributed by atoms with van der Waals surface area (Å²) >= 11 is 0. The summed E-state index contributed by atoms with van der Waals surface area (Å²) in [5, 5.41) is 0.434. The first-order valence-corrected chi connectivity index (χ1v) is 9.66. The maximum Gasteiger partial charge on any atom is 0.197 e. The lowest BCUT2D eigenvalue weighted by Crippen LogP contribution is -2.20. The van der Waals surface area contributed by atoms with Crippen LogP contribution in [0.25, 0.3) is 22.3 Å². The zero-order valence-electron chi connectivity index (χ0n) is 17.5. The van der Waals surface area contributed by atoms with Crippen molar-refractivity contribution in [2.75, 3.05) is 54.5 Å². The van der Waals surface area contributed by atoms with E-state index in [9.17, 15) is 4.79 Å². The van der Waals surface area contributed by atoms with Gasteiger partial charge in [-0.1, -0.05) is 30.3 Å². The molecule has 0 fully saturated rings. The van der Waals surface area contributed by atoms with Gasteiger partial charge in [-0.05, 0) is 28.2 Å². The van der Waals surface area contributed by atoms with E-state index in [2.05, 4.69) is 0 Å². The number of likely N-dealkylation sites (N-methyl/N-ethyl adjacent to an activating group) is 2. The maximum atomic E-state index is 12.9. The highest BCUT2D eigenvalue weighted by Gasteiger charge is 2.15. The largest absolute Gasteiger partial charge is 0.492 e. The Balaban J connectivity index is 2.01. The van der Waals surface area contributed by atoms with E-state index in [4.69, 9.17) is 13.9 Å². The van der Waals surface area contributed by atoms with Crippen molar-refractivity contribution in [2.24, 2.45) is 0 Å². The number of rotatable bonds is 9. The Labute approximate surface area is 171 Å². The Morgan fingerprint density at radius 1 is 0.862 bits per heavy atom. The van der Waals surface area contributed by atoms with Crippen molar-refractivity contribution in [3.63, 3.8) is 0 Å². The summed E-state index contributed by atoms with van der Waals surface area (Å²) in [4.78, 5) is 17.0. The van der Waals surface area contributed by atoms with E-state index >= 15 is 0 Å². The summed E-state index contributed by atoms with van der Waals surface area (Å²) in [5.41, 5.74) is 1.17. The Morgan fingerprint density at radius 2 is 1.52 bits per heavy atom. The molecule has 0 bridgehead atoms. The minimum absolute atomic E-state index is 0.134. The van der Waals surface area contributed by atoms with Crippen molar-refractivity contribution < 1.29 is 13.9 Å². The van der Waals surface area contributed by atoms with Crippen LogP contribution in [0.2, 0.25) is 0 Å². The van der Waals surface area contributed by atoms with Gasteiger partial charge < -0.3 is 23.7 Å². The van der Waals surface area contributed by atoms with Crippen LogP contribution >= 0.6 is 0 Å². The molecule has 0 aliphatic carbocycles. The summed E-state index contributed by atoms with van der Waals surface area (Å²) in [6, 6.07) is 14.6. The molecule has 1 aromatic heterocycles. The van der Waals surface area contributed by atoms with Gasteiger partial charge in [0.25, 0.3) is 0 Å². The van der Waals surface area contributed by atoms with E-state index in [1.807, 2.05) is 68.3 Å². The van der Waals surface area contributed by atoms with Crippen molar-refractivity contribution >= 4 is 11.0 Å². The maximum absolute atomic E-state index is 12.9. The predicted molar refractivity (Wildman–Crippen MR) is 116 cm³/mol. The summed E-state index contributed by atoms with van der Waals surface area (Å²) in [5.74, 6) is 1.62. The molecule has 0 atom stereocenters. The molecule has 1 heterocycles. The minimum atomic E-state index is -0.134. The molecule has 0 N–H and O–H groups in total. The molecule has 0 aliphatic heterocycles. The highest BCUT2D eigenvalue weighted by Crippen LogP contribution is 2.32. The van der Waals surface area contributed by atoms with Gasteiger partial charge in [0.2, 0.25) is 0 Å². The standard InChI is InChI=1S/C23H28N2O4/c1-24(2)10-12-27-18-14-21(28-13-11-25(3)4)23-19(26)16-20(29-22(23)15-18)17-8-6-5-7-9-17/h5-9,14-16H,10-13H2,1-4H3. The van der Waals surface area contributed by atoms with Crippen LogP contribution in [0.1, 0.15) is 0 Å². The normalized spacial score (nSPS) is 11.4. The lowest BCUT2D eigenvalue weighted by molar-refractivity contribution is 0.252. The second-order valence-corrected chi connectivity index (χ2v) is 7.44. The molecule has 3 aromatic rings. The average molecular weight is 396 g/mol. The lowest BCUT2D eigenvalue weighted by Gasteiger charge is -2.15. The molecule has 0 aliphatic rings. The summed E-state index contributed by atoms with van der Waals surface area (Å²) < 4.78 is 17.9. The van der Waals surface area contributed by atoms with Gasteiger partial charge in [-0.25, -0.2) is 0 Å². The second kappa shape index (κ2) is 9.58. The molecule has 0 saturated heterocycles. The zero-order chi connectivity index (χ0) is 20.8. The second-order valence-electron chi connectivity index (χ2n) is 7.44. The van der Waals surface area contributed by atoms with E-state index in [0.717, 1.165) is 18.7 Å². The van der Waals surface area contributed by atoms with Gasteiger partial charge in [0, 0.05) is 36.9 Å². The fraction of sp³-hybridized carbons (Fsp3) is 0.348. The number of fused-ring (bicyclic) bond motifs is 1. The molecule has 6 heteroatoms. The fourth-order valence-electron chi connectivity index (χ4n) is 2.85. The lowest BCUT2D eigenvalue weighted by atomic mass is 10.1. The molecule has 0 spiro atoms. The van der Waals surface area contributed by atoms with Gasteiger partial charge in [0.1, 0.15) is 41.4 Å². The zero-order valence-corrected chi connectivity index (χ0v) is 17.5. The molecule has 0 amide bonds. The molecule has 0 unspecified atom stereocenters. The molecule has 0 radical (unpaired) electrons. The van der Waals surface area contributed by atoms with E-state index in [-0.39, 0.29) is 5.43 Å². The molecule has 0 saturated carbocycles. The number of hydrogen-bond acceptors (Lipinski definition) is 6. The molecule has 3 rings (SSSR count). The van der Waals surface area contributed by atoms with Crippen LogP contribution in [0.3, 0.4) is 0 Å². The smallest absolute Gasteiger partial charge is 0.197 e. The number of ether oxygens (including phenoxy) is 2. The van der Waals surface area contributed by atoms with Crippen molar-refractivity contribution in [1.29, 1.82) is 0 Å². The third kappa shape index (κ3) is 5.59.